The third kappa shape index (κ3) is 9.04. The molecule has 0 saturated heterocycles. The standard InChI is InChI=1S/C31H37Cl2N3O5S2/c1-7-41-28-11-9-8-10-27(28)36(43(39,40)24-15-13-23(42-6)14-16-24)20-29(37)35(21(2)30(38)34-31(3,4)5)19-22-12-17-25(32)26(33)18-22/h8-18,21H,7,19-20H2,1-6H3,(H,34,38)/t21-/m0/s1. The lowest BCUT2D eigenvalue weighted by Gasteiger charge is -2.33. The van der Waals surface area contributed by atoms with Gasteiger partial charge in [0.2, 0.25) is 11.8 Å². The molecular weight excluding hydrogens is 629 g/mol. The number of thioether (sulfide) groups is 1. The lowest BCUT2D eigenvalue weighted by Crippen LogP contribution is -2.54. The predicted octanol–water partition coefficient (Wildman–Crippen LogP) is 6.64. The molecule has 0 fully saturated rings. The summed E-state index contributed by atoms with van der Waals surface area (Å²) in [5.74, 6) is -0.687. The van der Waals surface area contributed by atoms with E-state index in [4.69, 9.17) is 27.9 Å². The van der Waals surface area contributed by atoms with E-state index in [1.807, 2.05) is 27.0 Å². The number of nitrogens with zero attached hydrogens (tertiary/aromatic N) is 2. The van der Waals surface area contributed by atoms with Crippen LogP contribution >= 0.6 is 35.0 Å². The first-order valence-electron chi connectivity index (χ1n) is 13.6. The van der Waals surface area contributed by atoms with E-state index in [0.29, 0.717) is 21.4 Å². The number of anilines is 1. The van der Waals surface area contributed by atoms with E-state index < -0.39 is 40.0 Å². The highest BCUT2D eigenvalue weighted by Gasteiger charge is 2.34. The molecule has 3 aromatic rings. The third-order valence-corrected chi connectivity index (χ3v) is 9.62. The van der Waals surface area contributed by atoms with Crippen molar-refractivity contribution >= 4 is 62.5 Å². The van der Waals surface area contributed by atoms with Gasteiger partial charge in [0.05, 0.1) is 27.2 Å². The number of sulfonamides is 1. The van der Waals surface area contributed by atoms with Gasteiger partial charge in [-0.25, -0.2) is 8.42 Å². The zero-order chi connectivity index (χ0) is 31.9. The summed E-state index contributed by atoms with van der Waals surface area (Å²) < 4.78 is 35.1. The molecule has 12 heteroatoms. The Kier molecular flexibility index (Phi) is 11.8. The molecule has 0 saturated carbocycles. The number of rotatable bonds is 12. The molecule has 3 rings (SSSR count). The lowest BCUT2D eigenvalue weighted by molar-refractivity contribution is -0.140. The molecule has 1 atom stereocenters. The summed E-state index contributed by atoms with van der Waals surface area (Å²) in [6, 6.07) is 17.1. The van der Waals surface area contributed by atoms with Gasteiger partial charge in [0.25, 0.3) is 10.0 Å². The Balaban J connectivity index is 2.11. The predicted molar refractivity (Wildman–Crippen MR) is 175 cm³/mol. The van der Waals surface area contributed by atoms with Crippen LogP contribution in [-0.4, -0.2) is 56.1 Å². The van der Waals surface area contributed by atoms with Gasteiger partial charge in [0.15, 0.2) is 0 Å². The van der Waals surface area contributed by atoms with Gasteiger partial charge in [0, 0.05) is 17.0 Å². The van der Waals surface area contributed by atoms with Crippen molar-refractivity contribution in [1.82, 2.24) is 10.2 Å². The van der Waals surface area contributed by atoms with Crippen LogP contribution in [0.4, 0.5) is 5.69 Å². The fourth-order valence-corrected chi connectivity index (χ4v) is 6.37. The van der Waals surface area contributed by atoms with Crippen LogP contribution in [0.2, 0.25) is 10.0 Å². The van der Waals surface area contributed by atoms with E-state index in [0.717, 1.165) is 9.20 Å². The summed E-state index contributed by atoms with van der Waals surface area (Å²) in [6.45, 7) is 8.58. The molecule has 8 nitrogen and oxygen atoms in total. The average molecular weight is 667 g/mol. The number of hydrogen-bond donors (Lipinski definition) is 1. The lowest BCUT2D eigenvalue weighted by atomic mass is 10.1. The van der Waals surface area contributed by atoms with Crippen LogP contribution in [0.1, 0.15) is 40.2 Å². The third-order valence-electron chi connectivity index (χ3n) is 6.36. The minimum absolute atomic E-state index is 0.0129. The molecule has 0 unspecified atom stereocenters. The number of nitrogens with one attached hydrogen (secondary N) is 1. The second-order valence-electron chi connectivity index (χ2n) is 10.8. The molecule has 0 heterocycles. The highest BCUT2D eigenvalue weighted by atomic mass is 35.5. The molecule has 0 aliphatic carbocycles. The monoisotopic (exact) mass is 665 g/mol. The maximum absolute atomic E-state index is 14.2. The van der Waals surface area contributed by atoms with Crippen LogP contribution < -0.4 is 14.4 Å². The van der Waals surface area contributed by atoms with Gasteiger partial charge in [-0.05, 0) is 95.0 Å². The Morgan fingerprint density at radius 3 is 2.23 bits per heavy atom. The Hall–Kier alpha value is -2.92. The van der Waals surface area contributed by atoms with E-state index in [1.165, 1.54) is 28.8 Å². The second kappa shape index (κ2) is 14.7. The van der Waals surface area contributed by atoms with E-state index in [2.05, 4.69) is 5.32 Å². The second-order valence-corrected chi connectivity index (χ2v) is 14.3. The normalized spacial score (nSPS) is 12.4. The van der Waals surface area contributed by atoms with Gasteiger partial charge in [-0.2, -0.15) is 0 Å². The maximum atomic E-state index is 14.2. The van der Waals surface area contributed by atoms with Gasteiger partial charge >= 0.3 is 0 Å². The molecule has 2 amide bonds. The van der Waals surface area contributed by atoms with Crippen LogP contribution in [-0.2, 0) is 26.2 Å². The van der Waals surface area contributed by atoms with E-state index in [9.17, 15) is 18.0 Å². The van der Waals surface area contributed by atoms with Gasteiger partial charge in [-0.1, -0.05) is 41.4 Å². The van der Waals surface area contributed by atoms with Crippen molar-refractivity contribution in [2.75, 3.05) is 23.7 Å². The summed E-state index contributed by atoms with van der Waals surface area (Å²) in [7, 11) is -4.25. The molecule has 3 aromatic carbocycles. The Bertz CT molecular complexity index is 1540. The topological polar surface area (TPSA) is 96.0 Å². The summed E-state index contributed by atoms with van der Waals surface area (Å²) in [6.07, 6.45) is 1.90. The van der Waals surface area contributed by atoms with Gasteiger partial charge < -0.3 is 15.0 Å². The molecular formula is C31H37Cl2N3O5S2. The number of halogens is 2. The molecule has 0 bridgehead atoms. The van der Waals surface area contributed by atoms with Crippen LogP contribution in [0.5, 0.6) is 5.75 Å². The molecule has 43 heavy (non-hydrogen) atoms. The minimum atomic E-state index is -4.25. The number of carbonyl (C=O) groups excluding carboxylic acids is 2. The Labute approximate surface area is 268 Å². The first-order chi connectivity index (χ1) is 20.2. The number of ether oxygens (including phenoxy) is 1. The number of para-hydroxylation sites is 2. The summed E-state index contributed by atoms with van der Waals surface area (Å²) in [4.78, 5) is 29.7. The van der Waals surface area contributed by atoms with E-state index in [1.54, 1.807) is 68.4 Å². The van der Waals surface area contributed by atoms with Crippen molar-refractivity contribution in [3.63, 3.8) is 0 Å². The summed E-state index contributed by atoms with van der Waals surface area (Å²) >= 11 is 13.8. The van der Waals surface area contributed by atoms with Gasteiger partial charge in [-0.3, -0.25) is 13.9 Å². The Morgan fingerprint density at radius 1 is 1.00 bits per heavy atom. The van der Waals surface area contributed by atoms with E-state index >= 15 is 0 Å². The number of amides is 2. The number of carbonyl (C=O) groups is 2. The smallest absolute Gasteiger partial charge is 0.264 e. The number of hydrogen-bond acceptors (Lipinski definition) is 6. The Morgan fingerprint density at radius 2 is 1.65 bits per heavy atom. The van der Waals surface area contributed by atoms with Crippen LogP contribution in [0.15, 0.2) is 76.5 Å². The molecule has 0 radical (unpaired) electrons. The molecule has 0 spiro atoms. The van der Waals surface area contributed by atoms with Crippen LogP contribution in [0, 0.1) is 0 Å². The minimum Gasteiger partial charge on any atom is -0.492 e. The summed E-state index contributed by atoms with van der Waals surface area (Å²) in [5.41, 5.74) is 0.265. The van der Waals surface area contributed by atoms with Crippen LogP contribution in [0.3, 0.4) is 0 Å². The quantitative estimate of drug-likeness (QED) is 0.218. The fourth-order valence-electron chi connectivity index (χ4n) is 4.22. The highest BCUT2D eigenvalue weighted by molar-refractivity contribution is 7.98. The molecule has 0 aliphatic rings. The SMILES string of the molecule is CCOc1ccccc1N(CC(=O)N(Cc1ccc(Cl)c(Cl)c1)[C@@H](C)C(=O)NC(C)(C)C)S(=O)(=O)c1ccc(SC)cc1. The van der Waals surface area contributed by atoms with Crippen molar-refractivity contribution in [1.29, 1.82) is 0 Å². The van der Waals surface area contributed by atoms with Crippen molar-refractivity contribution in [2.24, 2.45) is 0 Å². The summed E-state index contributed by atoms with van der Waals surface area (Å²) in [5, 5.41) is 3.54. The average Bonchev–Trinajstić information content (AvgIpc) is 2.95. The van der Waals surface area contributed by atoms with Crippen molar-refractivity contribution in [3.05, 3.63) is 82.3 Å². The zero-order valence-corrected chi connectivity index (χ0v) is 28.2. The fraction of sp³-hybridized carbons (Fsp3) is 0.355. The molecule has 1 N–H and O–H groups in total. The first kappa shape index (κ1) is 34.6. The zero-order valence-electron chi connectivity index (χ0n) is 25.1. The number of benzene rings is 3. The van der Waals surface area contributed by atoms with Crippen LogP contribution in [0.25, 0.3) is 0 Å². The molecule has 0 aromatic heterocycles. The van der Waals surface area contributed by atoms with Gasteiger partial charge in [-0.15, -0.1) is 11.8 Å². The maximum Gasteiger partial charge on any atom is 0.264 e. The van der Waals surface area contributed by atoms with Crippen molar-refractivity contribution in [2.45, 2.75) is 62.5 Å². The highest BCUT2D eigenvalue weighted by Crippen LogP contribution is 2.33. The molecule has 232 valence electrons. The first-order valence-corrected chi connectivity index (χ1v) is 17.0. The molecule has 0 aliphatic heterocycles. The van der Waals surface area contributed by atoms with Crippen molar-refractivity contribution in [3.8, 4) is 5.75 Å². The largest absolute Gasteiger partial charge is 0.492 e. The van der Waals surface area contributed by atoms with Gasteiger partial charge in [0.1, 0.15) is 18.3 Å². The van der Waals surface area contributed by atoms with Crippen molar-refractivity contribution < 1.29 is 22.7 Å². The van der Waals surface area contributed by atoms with E-state index in [-0.39, 0.29) is 23.7 Å².